The van der Waals surface area contributed by atoms with Crippen LogP contribution in [0.1, 0.15) is 12.8 Å². The van der Waals surface area contributed by atoms with Gasteiger partial charge in [-0.1, -0.05) is 0 Å². The topological polar surface area (TPSA) is 104 Å². The molecule has 0 aliphatic carbocycles. The normalized spacial score (nSPS) is 12.0. The number of rotatable bonds is 7. The molecule has 0 bridgehead atoms. The van der Waals surface area contributed by atoms with Crippen LogP contribution in [0.25, 0.3) is 0 Å². The number of carboxylic acid groups (broad SMARTS) is 2. The van der Waals surface area contributed by atoms with Gasteiger partial charge in [0.15, 0.2) is 0 Å². The summed E-state index contributed by atoms with van der Waals surface area (Å²) in [5.41, 5.74) is 0. The van der Waals surface area contributed by atoms with Crippen molar-refractivity contribution in [2.45, 2.75) is 18.9 Å². The van der Waals surface area contributed by atoms with E-state index in [1.165, 1.54) is 0 Å². The molecule has 1 atom stereocenters. The van der Waals surface area contributed by atoms with Crippen molar-refractivity contribution in [1.29, 1.82) is 0 Å². The van der Waals surface area contributed by atoms with E-state index in [-0.39, 0.29) is 19.4 Å². The lowest BCUT2D eigenvalue weighted by molar-refractivity contribution is -0.137. The molecule has 0 aromatic heterocycles. The smallest absolute Gasteiger partial charge is 0.317 e. The number of carboxylic acids is 2. The molecule has 0 aliphatic heterocycles. The number of aldehydes is 1. The molecule has 6 nitrogen and oxygen atoms in total. The molecule has 0 aromatic rings. The zero-order valence-electron chi connectivity index (χ0n) is 6.90. The van der Waals surface area contributed by atoms with E-state index in [0.717, 1.165) is 0 Å². The van der Waals surface area contributed by atoms with Crippen LogP contribution in [0.4, 0.5) is 0 Å². The Labute approximate surface area is 74.6 Å². The van der Waals surface area contributed by atoms with Gasteiger partial charge >= 0.3 is 11.9 Å². The van der Waals surface area contributed by atoms with Gasteiger partial charge in [-0.3, -0.25) is 14.9 Å². The molecular weight excluding hydrogens is 178 g/mol. The van der Waals surface area contributed by atoms with Gasteiger partial charge in [-0.2, -0.15) is 0 Å². The van der Waals surface area contributed by atoms with Gasteiger partial charge < -0.3 is 15.0 Å². The van der Waals surface area contributed by atoms with E-state index in [0.29, 0.717) is 6.29 Å². The molecule has 0 saturated heterocycles. The molecule has 74 valence electrons. The van der Waals surface area contributed by atoms with Gasteiger partial charge in [0.1, 0.15) is 6.29 Å². The largest absolute Gasteiger partial charge is 0.481 e. The highest BCUT2D eigenvalue weighted by atomic mass is 16.4. The van der Waals surface area contributed by atoms with Gasteiger partial charge in [0.2, 0.25) is 0 Å². The predicted octanol–water partition coefficient (Wildman–Crippen LogP) is -0.907. The second-order valence-electron chi connectivity index (χ2n) is 2.45. The van der Waals surface area contributed by atoms with E-state index in [4.69, 9.17) is 10.2 Å². The Morgan fingerprint density at radius 2 is 1.92 bits per heavy atom. The van der Waals surface area contributed by atoms with Crippen LogP contribution in [-0.4, -0.2) is 41.0 Å². The SMILES string of the molecule is O=C[C@H](CCC(=O)O)NCC(=O)O. The molecule has 0 heterocycles. The van der Waals surface area contributed by atoms with Gasteiger partial charge in [0.05, 0.1) is 12.6 Å². The van der Waals surface area contributed by atoms with Crippen LogP contribution in [0.15, 0.2) is 0 Å². The first-order valence-corrected chi connectivity index (χ1v) is 3.68. The van der Waals surface area contributed by atoms with Crippen molar-refractivity contribution in [2.75, 3.05) is 6.54 Å². The highest BCUT2D eigenvalue weighted by Gasteiger charge is 2.09. The highest BCUT2D eigenvalue weighted by Crippen LogP contribution is 1.93. The number of carbonyl (C=O) groups is 3. The fourth-order valence-electron chi connectivity index (χ4n) is 0.716. The maximum Gasteiger partial charge on any atom is 0.317 e. The Hall–Kier alpha value is -1.43. The van der Waals surface area contributed by atoms with E-state index in [2.05, 4.69) is 5.32 Å². The summed E-state index contributed by atoms with van der Waals surface area (Å²) in [6.07, 6.45) is 0.452. The van der Waals surface area contributed by atoms with Crippen molar-refractivity contribution in [3.05, 3.63) is 0 Å². The summed E-state index contributed by atoms with van der Waals surface area (Å²) in [5, 5.41) is 18.9. The monoisotopic (exact) mass is 189 g/mol. The van der Waals surface area contributed by atoms with Crippen molar-refractivity contribution in [1.82, 2.24) is 5.32 Å². The summed E-state index contributed by atoms with van der Waals surface area (Å²) in [6.45, 7) is -0.344. The summed E-state index contributed by atoms with van der Waals surface area (Å²) < 4.78 is 0. The minimum absolute atomic E-state index is 0.103. The molecule has 13 heavy (non-hydrogen) atoms. The fraction of sp³-hybridized carbons (Fsp3) is 0.571. The third-order valence-corrected chi connectivity index (χ3v) is 1.35. The number of hydrogen-bond donors (Lipinski definition) is 3. The zero-order valence-corrected chi connectivity index (χ0v) is 6.90. The molecule has 0 unspecified atom stereocenters. The lowest BCUT2D eigenvalue weighted by Crippen LogP contribution is -2.35. The molecule has 6 heteroatoms. The maximum atomic E-state index is 10.3. The molecule has 0 spiro atoms. The van der Waals surface area contributed by atoms with Gasteiger partial charge in [0, 0.05) is 6.42 Å². The molecular formula is C7H11NO5. The molecule has 0 rings (SSSR count). The fourth-order valence-corrected chi connectivity index (χ4v) is 0.716. The molecule has 0 aliphatic rings. The van der Waals surface area contributed by atoms with Crippen molar-refractivity contribution >= 4 is 18.2 Å². The lowest BCUT2D eigenvalue weighted by atomic mass is 10.2. The summed E-state index contributed by atoms with van der Waals surface area (Å²) in [4.78, 5) is 30.4. The standard InChI is InChI=1S/C7H11NO5/c9-4-5(1-2-6(10)11)8-3-7(12)13/h4-5,8H,1-3H2,(H,10,11)(H,12,13)/t5-/m0/s1. The Bertz CT molecular complexity index is 185. The van der Waals surface area contributed by atoms with Gasteiger partial charge in [0.25, 0.3) is 0 Å². The van der Waals surface area contributed by atoms with Gasteiger partial charge in [-0.05, 0) is 6.42 Å². The minimum atomic E-state index is -1.08. The Morgan fingerprint density at radius 1 is 1.31 bits per heavy atom. The van der Waals surface area contributed by atoms with E-state index in [1.54, 1.807) is 0 Å². The first-order valence-electron chi connectivity index (χ1n) is 3.68. The number of aliphatic carboxylic acids is 2. The van der Waals surface area contributed by atoms with E-state index >= 15 is 0 Å². The van der Waals surface area contributed by atoms with Crippen molar-refractivity contribution in [3.63, 3.8) is 0 Å². The molecule has 0 aromatic carbocycles. The average Bonchev–Trinajstić information content (AvgIpc) is 2.04. The molecule has 3 N–H and O–H groups in total. The molecule has 0 amide bonds. The number of carbonyl (C=O) groups excluding carboxylic acids is 1. The van der Waals surface area contributed by atoms with E-state index in [9.17, 15) is 14.4 Å². The van der Waals surface area contributed by atoms with E-state index in [1.807, 2.05) is 0 Å². The molecule has 0 fully saturated rings. The highest BCUT2D eigenvalue weighted by molar-refractivity contribution is 5.71. The minimum Gasteiger partial charge on any atom is -0.481 e. The number of hydrogen-bond acceptors (Lipinski definition) is 4. The lowest BCUT2D eigenvalue weighted by Gasteiger charge is -2.08. The first kappa shape index (κ1) is 11.6. The van der Waals surface area contributed by atoms with Crippen LogP contribution in [0.2, 0.25) is 0 Å². The molecule has 0 radical (unpaired) electrons. The van der Waals surface area contributed by atoms with Crippen molar-refractivity contribution in [2.24, 2.45) is 0 Å². The van der Waals surface area contributed by atoms with Crippen LogP contribution in [0.3, 0.4) is 0 Å². The van der Waals surface area contributed by atoms with Gasteiger partial charge in [-0.25, -0.2) is 0 Å². The van der Waals surface area contributed by atoms with Crippen LogP contribution in [-0.2, 0) is 14.4 Å². The summed E-state index contributed by atoms with van der Waals surface area (Å²) in [6, 6.07) is -0.702. The maximum absolute atomic E-state index is 10.3. The predicted molar refractivity (Wildman–Crippen MR) is 42.4 cm³/mol. The van der Waals surface area contributed by atoms with Crippen molar-refractivity contribution < 1.29 is 24.6 Å². The number of nitrogens with one attached hydrogen (secondary N) is 1. The summed E-state index contributed by atoms with van der Waals surface area (Å²) >= 11 is 0. The third kappa shape index (κ3) is 6.95. The van der Waals surface area contributed by atoms with E-state index < -0.39 is 18.0 Å². The molecule has 0 saturated carbocycles. The zero-order chi connectivity index (χ0) is 10.3. The second kappa shape index (κ2) is 6.13. The average molecular weight is 189 g/mol. The third-order valence-electron chi connectivity index (χ3n) is 1.35. The van der Waals surface area contributed by atoms with Crippen LogP contribution in [0.5, 0.6) is 0 Å². The quantitative estimate of drug-likeness (QED) is 0.448. The summed E-state index contributed by atoms with van der Waals surface area (Å²) in [5.74, 6) is -2.09. The second-order valence-corrected chi connectivity index (χ2v) is 2.45. The Kier molecular flexibility index (Phi) is 5.45. The Balaban J connectivity index is 3.69. The first-order chi connectivity index (χ1) is 6.06. The van der Waals surface area contributed by atoms with Gasteiger partial charge in [-0.15, -0.1) is 0 Å². The Morgan fingerprint density at radius 3 is 2.31 bits per heavy atom. The van der Waals surface area contributed by atoms with Crippen LogP contribution < -0.4 is 5.32 Å². The summed E-state index contributed by atoms with van der Waals surface area (Å²) in [7, 11) is 0. The van der Waals surface area contributed by atoms with Crippen LogP contribution in [0, 0.1) is 0 Å². The van der Waals surface area contributed by atoms with Crippen molar-refractivity contribution in [3.8, 4) is 0 Å². The van der Waals surface area contributed by atoms with Crippen LogP contribution >= 0.6 is 0 Å².